The lowest BCUT2D eigenvalue weighted by molar-refractivity contribution is -0.123. The van der Waals surface area contributed by atoms with Gasteiger partial charge in [-0.1, -0.05) is 49.2 Å². The first-order chi connectivity index (χ1) is 16.1. The summed E-state index contributed by atoms with van der Waals surface area (Å²) < 4.78 is 16.9. The van der Waals surface area contributed by atoms with Crippen LogP contribution in [0.2, 0.25) is 5.02 Å². The van der Waals surface area contributed by atoms with Crippen LogP contribution < -0.4 is 19.6 Å². The van der Waals surface area contributed by atoms with E-state index in [2.05, 4.69) is 17.5 Å². The molecule has 0 saturated carbocycles. The lowest BCUT2D eigenvalue weighted by atomic mass is 10.2. The topological polar surface area (TPSA) is 69.2 Å². The second kappa shape index (κ2) is 13.1. The molecule has 6 nitrogen and oxygen atoms in total. The van der Waals surface area contributed by atoms with Crippen molar-refractivity contribution in [2.75, 3.05) is 13.2 Å². The maximum Gasteiger partial charge on any atom is 0.277 e. The molecule has 0 fully saturated rings. The molecule has 0 aliphatic carbocycles. The first kappa shape index (κ1) is 24.1. The molecule has 33 heavy (non-hydrogen) atoms. The number of hydrazone groups is 1. The minimum Gasteiger partial charge on any atom is -0.494 e. The van der Waals surface area contributed by atoms with E-state index in [0.29, 0.717) is 29.7 Å². The number of carbonyl (C=O) groups is 1. The van der Waals surface area contributed by atoms with Gasteiger partial charge in [-0.2, -0.15) is 5.10 Å². The zero-order chi connectivity index (χ0) is 23.3. The van der Waals surface area contributed by atoms with Crippen LogP contribution in [0.25, 0.3) is 0 Å². The van der Waals surface area contributed by atoms with Crippen molar-refractivity contribution in [3.05, 3.63) is 88.9 Å². The molecule has 3 rings (SSSR count). The third kappa shape index (κ3) is 8.86. The molecular weight excluding hydrogens is 440 g/mol. The minimum atomic E-state index is -0.357. The molecule has 3 aromatic carbocycles. The molecule has 0 unspecified atom stereocenters. The van der Waals surface area contributed by atoms with E-state index in [1.807, 2.05) is 60.7 Å². The zero-order valence-electron chi connectivity index (χ0n) is 18.5. The van der Waals surface area contributed by atoms with Gasteiger partial charge in [0.05, 0.1) is 12.8 Å². The summed E-state index contributed by atoms with van der Waals surface area (Å²) in [6, 6.07) is 22.1. The highest BCUT2D eigenvalue weighted by molar-refractivity contribution is 6.30. The second-order valence-corrected chi connectivity index (χ2v) is 7.68. The molecule has 7 heteroatoms. The second-order valence-electron chi connectivity index (χ2n) is 7.24. The molecule has 0 spiro atoms. The Balaban J connectivity index is 1.40. The highest BCUT2D eigenvalue weighted by Gasteiger charge is 2.03. The van der Waals surface area contributed by atoms with Crippen LogP contribution >= 0.6 is 11.6 Å². The van der Waals surface area contributed by atoms with E-state index in [1.165, 1.54) is 0 Å². The maximum absolute atomic E-state index is 12.0. The number of unbranched alkanes of at least 4 members (excludes halogenated alkanes) is 1. The summed E-state index contributed by atoms with van der Waals surface area (Å²) in [6.45, 7) is 3.09. The van der Waals surface area contributed by atoms with E-state index in [1.54, 1.807) is 18.3 Å². The van der Waals surface area contributed by atoms with Gasteiger partial charge in [-0.05, 0) is 66.1 Å². The Hall–Kier alpha value is -3.51. The minimum absolute atomic E-state index is 0.141. The number of ether oxygens (including phenoxy) is 3. The summed E-state index contributed by atoms with van der Waals surface area (Å²) in [7, 11) is 0. The van der Waals surface area contributed by atoms with Crippen molar-refractivity contribution >= 4 is 23.7 Å². The lowest BCUT2D eigenvalue weighted by Gasteiger charge is -2.08. The number of nitrogens with zero attached hydrogens (tertiary/aromatic N) is 1. The van der Waals surface area contributed by atoms with E-state index in [4.69, 9.17) is 25.8 Å². The fourth-order valence-electron chi connectivity index (χ4n) is 2.76. The van der Waals surface area contributed by atoms with Gasteiger partial charge < -0.3 is 14.2 Å². The van der Waals surface area contributed by atoms with Crippen LogP contribution in [0.15, 0.2) is 77.9 Å². The van der Waals surface area contributed by atoms with Gasteiger partial charge in [0.1, 0.15) is 23.9 Å². The number of carbonyl (C=O) groups excluding carboxylic acids is 1. The maximum atomic E-state index is 12.0. The first-order valence-corrected chi connectivity index (χ1v) is 11.1. The largest absolute Gasteiger partial charge is 0.494 e. The number of hydrogen-bond donors (Lipinski definition) is 1. The van der Waals surface area contributed by atoms with Crippen LogP contribution in [0.4, 0.5) is 0 Å². The van der Waals surface area contributed by atoms with Crippen LogP contribution in [0.1, 0.15) is 30.9 Å². The Morgan fingerprint density at radius 1 is 0.939 bits per heavy atom. The highest BCUT2D eigenvalue weighted by Crippen LogP contribution is 2.18. The first-order valence-electron chi connectivity index (χ1n) is 10.8. The number of halogens is 1. The van der Waals surface area contributed by atoms with Gasteiger partial charge in [0, 0.05) is 5.02 Å². The number of rotatable bonds is 12. The molecule has 1 amide bonds. The van der Waals surface area contributed by atoms with Gasteiger partial charge >= 0.3 is 0 Å². The Morgan fingerprint density at radius 3 is 2.39 bits per heavy atom. The molecule has 172 valence electrons. The van der Waals surface area contributed by atoms with Crippen molar-refractivity contribution in [1.82, 2.24) is 5.43 Å². The van der Waals surface area contributed by atoms with Crippen LogP contribution in [-0.4, -0.2) is 25.3 Å². The molecule has 3 aromatic rings. The predicted octanol–water partition coefficient (Wildman–Crippen LogP) is 5.63. The zero-order valence-corrected chi connectivity index (χ0v) is 19.3. The summed E-state index contributed by atoms with van der Waals surface area (Å²) in [5.41, 5.74) is 4.27. The van der Waals surface area contributed by atoms with Gasteiger partial charge in [-0.25, -0.2) is 5.43 Å². The van der Waals surface area contributed by atoms with Crippen molar-refractivity contribution in [2.45, 2.75) is 26.4 Å². The Kier molecular flexibility index (Phi) is 9.61. The van der Waals surface area contributed by atoms with Gasteiger partial charge in [-0.15, -0.1) is 0 Å². The van der Waals surface area contributed by atoms with E-state index in [9.17, 15) is 4.79 Å². The fourth-order valence-corrected chi connectivity index (χ4v) is 2.88. The Morgan fingerprint density at radius 2 is 1.67 bits per heavy atom. The molecule has 0 atom stereocenters. The van der Waals surface area contributed by atoms with Crippen LogP contribution in [0, 0.1) is 0 Å². The van der Waals surface area contributed by atoms with E-state index in [-0.39, 0.29) is 12.5 Å². The Labute approximate surface area is 199 Å². The predicted molar refractivity (Wildman–Crippen MR) is 130 cm³/mol. The Bertz CT molecular complexity index is 1040. The molecule has 0 aliphatic heterocycles. The summed E-state index contributed by atoms with van der Waals surface area (Å²) in [5.74, 6) is 1.71. The summed E-state index contributed by atoms with van der Waals surface area (Å²) in [5, 5.41) is 4.67. The normalized spacial score (nSPS) is 10.7. The molecule has 0 aromatic heterocycles. The van der Waals surface area contributed by atoms with E-state index in [0.717, 1.165) is 29.7 Å². The molecule has 0 radical (unpaired) electrons. The number of nitrogens with one attached hydrogen (secondary N) is 1. The lowest BCUT2D eigenvalue weighted by Crippen LogP contribution is -2.24. The SMILES string of the molecule is CCCCOc1ccc(OCC(=O)N/N=C\c2cccc(OCc3ccc(Cl)cc3)c2)cc1. The van der Waals surface area contributed by atoms with Crippen molar-refractivity contribution < 1.29 is 19.0 Å². The third-order valence-electron chi connectivity index (χ3n) is 4.54. The van der Waals surface area contributed by atoms with Crippen LogP contribution in [0.5, 0.6) is 17.2 Å². The summed E-state index contributed by atoms with van der Waals surface area (Å²) in [6.07, 6.45) is 3.65. The summed E-state index contributed by atoms with van der Waals surface area (Å²) >= 11 is 5.90. The number of hydrogen-bond acceptors (Lipinski definition) is 5. The average Bonchev–Trinajstić information content (AvgIpc) is 2.84. The van der Waals surface area contributed by atoms with E-state index < -0.39 is 0 Å². The quantitative estimate of drug-likeness (QED) is 0.213. The fraction of sp³-hybridized carbons (Fsp3) is 0.231. The van der Waals surface area contributed by atoms with Crippen molar-refractivity contribution in [3.8, 4) is 17.2 Å². The van der Waals surface area contributed by atoms with Gasteiger partial charge in [0.15, 0.2) is 6.61 Å². The van der Waals surface area contributed by atoms with Gasteiger partial charge in [0.2, 0.25) is 0 Å². The monoisotopic (exact) mass is 466 g/mol. The summed E-state index contributed by atoms with van der Waals surface area (Å²) in [4.78, 5) is 12.0. The highest BCUT2D eigenvalue weighted by atomic mass is 35.5. The van der Waals surface area contributed by atoms with Crippen LogP contribution in [0.3, 0.4) is 0 Å². The molecular formula is C26H27ClN2O4. The van der Waals surface area contributed by atoms with Crippen molar-refractivity contribution in [1.29, 1.82) is 0 Å². The molecule has 0 heterocycles. The number of benzene rings is 3. The van der Waals surface area contributed by atoms with Crippen molar-refractivity contribution in [2.24, 2.45) is 5.10 Å². The van der Waals surface area contributed by atoms with E-state index >= 15 is 0 Å². The van der Waals surface area contributed by atoms with Gasteiger partial charge in [-0.3, -0.25) is 4.79 Å². The third-order valence-corrected chi connectivity index (χ3v) is 4.79. The molecule has 0 saturated heterocycles. The van der Waals surface area contributed by atoms with Crippen molar-refractivity contribution in [3.63, 3.8) is 0 Å². The van der Waals surface area contributed by atoms with Crippen LogP contribution in [-0.2, 0) is 11.4 Å². The smallest absolute Gasteiger partial charge is 0.277 e. The standard InChI is InChI=1S/C26H27ClN2O4/c1-2-3-15-31-23-11-13-24(14-12-23)33-19-26(30)29-28-17-21-5-4-6-25(16-21)32-18-20-7-9-22(27)10-8-20/h4-14,16-17H,2-3,15,18-19H2,1H3,(H,29,30)/b28-17-. The van der Waals surface area contributed by atoms with Gasteiger partial charge in [0.25, 0.3) is 5.91 Å². The molecule has 0 aliphatic rings. The number of amides is 1. The molecule has 0 bridgehead atoms. The average molecular weight is 467 g/mol. The molecule has 1 N–H and O–H groups in total.